The quantitative estimate of drug-likeness (QED) is 0.780. The van der Waals surface area contributed by atoms with Gasteiger partial charge in [-0.1, -0.05) is 24.3 Å². The highest BCUT2D eigenvalue weighted by molar-refractivity contribution is 5.75. The molecule has 116 valence electrons. The molecule has 0 fully saturated rings. The zero-order valence-electron chi connectivity index (χ0n) is 12.3. The highest BCUT2D eigenvalue weighted by Crippen LogP contribution is 2.17. The van der Waals surface area contributed by atoms with Crippen LogP contribution in [0.3, 0.4) is 0 Å². The van der Waals surface area contributed by atoms with Gasteiger partial charge >= 0.3 is 0 Å². The Kier molecular flexibility index (Phi) is 4.33. The van der Waals surface area contributed by atoms with Crippen LogP contribution in [0.2, 0.25) is 0 Å². The van der Waals surface area contributed by atoms with Crippen LogP contribution in [0, 0.1) is 0 Å². The van der Waals surface area contributed by atoms with Crippen molar-refractivity contribution >= 4 is 5.91 Å². The SMILES string of the molecule is O=C(Cn1ccccc1=O)NCc1coc(-c2ccccc2)n1. The number of nitrogens with zero attached hydrogens (tertiary/aromatic N) is 2. The maximum absolute atomic E-state index is 11.9. The van der Waals surface area contributed by atoms with E-state index < -0.39 is 0 Å². The predicted molar refractivity (Wildman–Crippen MR) is 84.5 cm³/mol. The minimum atomic E-state index is -0.262. The van der Waals surface area contributed by atoms with Crippen LogP contribution in [0.5, 0.6) is 0 Å². The minimum Gasteiger partial charge on any atom is -0.444 e. The Labute approximate surface area is 132 Å². The van der Waals surface area contributed by atoms with Crippen molar-refractivity contribution in [1.29, 1.82) is 0 Å². The van der Waals surface area contributed by atoms with Crippen LogP contribution in [-0.4, -0.2) is 15.5 Å². The van der Waals surface area contributed by atoms with Crippen molar-refractivity contribution in [3.05, 3.63) is 77.0 Å². The van der Waals surface area contributed by atoms with Crippen LogP contribution in [0.4, 0.5) is 0 Å². The van der Waals surface area contributed by atoms with Gasteiger partial charge in [0.2, 0.25) is 11.8 Å². The van der Waals surface area contributed by atoms with E-state index in [4.69, 9.17) is 4.42 Å². The molecule has 0 bridgehead atoms. The van der Waals surface area contributed by atoms with Crippen molar-refractivity contribution in [2.24, 2.45) is 0 Å². The summed E-state index contributed by atoms with van der Waals surface area (Å²) < 4.78 is 6.74. The van der Waals surface area contributed by atoms with E-state index in [1.54, 1.807) is 18.3 Å². The van der Waals surface area contributed by atoms with Gasteiger partial charge in [0.25, 0.3) is 5.56 Å². The van der Waals surface area contributed by atoms with Gasteiger partial charge in [0.05, 0.1) is 12.2 Å². The zero-order valence-corrected chi connectivity index (χ0v) is 12.3. The number of carbonyl (C=O) groups excluding carboxylic acids is 1. The average Bonchev–Trinajstić information content (AvgIpc) is 3.05. The topological polar surface area (TPSA) is 77.1 Å². The van der Waals surface area contributed by atoms with Gasteiger partial charge < -0.3 is 14.3 Å². The predicted octanol–water partition coefficient (Wildman–Crippen LogP) is 1.82. The van der Waals surface area contributed by atoms with Crippen molar-refractivity contribution in [2.75, 3.05) is 0 Å². The summed E-state index contributed by atoms with van der Waals surface area (Å²) in [4.78, 5) is 27.8. The van der Waals surface area contributed by atoms with Crippen LogP contribution >= 0.6 is 0 Å². The van der Waals surface area contributed by atoms with Crippen molar-refractivity contribution < 1.29 is 9.21 Å². The molecule has 1 N–H and O–H groups in total. The fourth-order valence-corrected chi connectivity index (χ4v) is 2.09. The third kappa shape index (κ3) is 3.74. The zero-order chi connectivity index (χ0) is 16.1. The smallest absolute Gasteiger partial charge is 0.250 e. The average molecular weight is 309 g/mol. The first-order valence-corrected chi connectivity index (χ1v) is 7.14. The summed E-state index contributed by atoms with van der Waals surface area (Å²) in [5.74, 6) is 0.247. The van der Waals surface area contributed by atoms with E-state index in [1.165, 1.54) is 16.9 Å². The lowest BCUT2D eigenvalue weighted by atomic mass is 10.2. The van der Waals surface area contributed by atoms with E-state index in [1.807, 2.05) is 30.3 Å². The van der Waals surface area contributed by atoms with Gasteiger partial charge in [-0.15, -0.1) is 0 Å². The van der Waals surface area contributed by atoms with E-state index in [0.717, 1.165) is 5.56 Å². The molecule has 0 spiro atoms. The molecule has 1 amide bonds. The normalized spacial score (nSPS) is 10.4. The molecule has 0 radical (unpaired) electrons. The molecule has 3 aromatic rings. The molecule has 0 saturated carbocycles. The van der Waals surface area contributed by atoms with Crippen LogP contribution in [0.1, 0.15) is 5.69 Å². The van der Waals surface area contributed by atoms with Crippen LogP contribution in [0.25, 0.3) is 11.5 Å². The Morgan fingerprint density at radius 2 is 1.91 bits per heavy atom. The third-order valence-electron chi connectivity index (χ3n) is 3.25. The second-order valence-electron chi connectivity index (χ2n) is 4.95. The monoisotopic (exact) mass is 309 g/mol. The first-order valence-electron chi connectivity index (χ1n) is 7.14. The van der Waals surface area contributed by atoms with E-state index in [2.05, 4.69) is 10.3 Å². The van der Waals surface area contributed by atoms with Crippen molar-refractivity contribution in [1.82, 2.24) is 14.9 Å². The minimum absolute atomic E-state index is 0.0247. The molecule has 0 aliphatic heterocycles. The van der Waals surface area contributed by atoms with Gasteiger partial charge in [0.1, 0.15) is 12.8 Å². The highest BCUT2D eigenvalue weighted by atomic mass is 16.3. The Balaban J connectivity index is 1.59. The molecule has 0 unspecified atom stereocenters. The van der Waals surface area contributed by atoms with Gasteiger partial charge in [-0.25, -0.2) is 4.98 Å². The molecular formula is C17H15N3O3. The number of aromatic nitrogens is 2. The van der Waals surface area contributed by atoms with Crippen molar-refractivity contribution in [3.63, 3.8) is 0 Å². The molecule has 6 heteroatoms. The lowest BCUT2D eigenvalue weighted by molar-refractivity contribution is -0.121. The Morgan fingerprint density at radius 1 is 1.13 bits per heavy atom. The number of hydrogen-bond acceptors (Lipinski definition) is 4. The van der Waals surface area contributed by atoms with E-state index >= 15 is 0 Å². The maximum atomic E-state index is 11.9. The molecule has 0 aliphatic carbocycles. The molecule has 0 atom stereocenters. The Hall–Kier alpha value is -3.15. The molecule has 2 heterocycles. The lowest BCUT2D eigenvalue weighted by Gasteiger charge is -2.05. The molecule has 0 aliphatic rings. The lowest BCUT2D eigenvalue weighted by Crippen LogP contribution is -2.31. The first-order chi connectivity index (χ1) is 11.2. The molecule has 23 heavy (non-hydrogen) atoms. The summed E-state index contributed by atoms with van der Waals surface area (Å²) in [5.41, 5.74) is 1.29. The van der Waals surface area contributed by atoms with Gasteiger partial charge in [0.15, 0.2) is 0 Å². The number of oxazole rings is 1. The Bertz CT molecular complexity index is 853. The summed E-state index contributed by atoms with van der Waals surface area (Å²) in [6.07, 6.45) is 3.09. The number of pyridine rings is 1. The molecule has 1 aromatic carbocycles. The van der Waals surface area contributed by atoms with Crippen molar-refractivity contribution in [2.45, 2.75) is 13.1 Å². The Morgan fingerprint density at radius 3 is 2.70 bits per heavy atom. The summed E-state index contributed by atoms with van der Waals surface area (Å²) in [6, 6.07) is 14.3. The van der Waals surface area contributed by atoms with Crippen LogP contribution in [-0.2, 0) is 17.9 Å². The van der Waals surface area contributed by atoms with Gasteiger partial charge in [-0.2, -0.15) is 0 Å². The standard InChI is InChI=1S/C17H15N3O3/c21-15(11-20-9-5-4-8-16(20)22)18-10-14-12-23-17(19-14)13-6-2-1-3-7-13/h1-9,12H,10-11H2,(H,18,21). The fourth-order valence-electron chi connectivity index (χ4n) is 2.09. The van der Waals surface area contributed by atoms with Gasteiger partial charge in [0, 0.05) is 17.8 Å². The van der Waals surface area contributed by atoms with Gasteiger partial charge in [-0.3, -0.25) is 9.59 Å². The summed E-state index contributed by atoms with van der Waals surface area (Å²) in [7, 11) is 0. The molecule has 3 rings (SSSR count). The fraction of sp³-hybridized carbons (Fsp3) is 0.118. The van der Waals surface area contributed by atoms with Gasteiger partial charge in [-0.05, 0) is 18.2 Å². The number of rotatable bonds is 5. The molecule has 0 saturated heterocycles. The third-order valence-corrected chi connectivity index (χ3v) is 3.25. The molecule has 6 nitrogen and oxygen atoms in total. The summed E-state index contributed by atoms with van der Waals surface area (Å²) in [6.45, 7) is 0.222. The first kappa shape index (κ1) is 14.8. The summed E-state index contributed by atoms with van der Waals surface area (Å²) >= 11 is 0. The summed E-state index contributed by atoms with van der Waals surface area (Å²) in [5, 5.41) is 2.72. The van der Waals surface area contributed by atoms with E-state index in [9.17, 15) is 9.59 Å². The van der Waals surface area contributed by atoms with Crippen LogP contribution < -0.4 is 10.9 Å². The number of amides is 1. The van der Waals surface area contributed by atoms with Crippen molar-refractivity contribution in [3.8, 4) is 11.5 Å². The molecular weight excluding hydrogens is 294 g/mol. The number of nitrogens with one attached hydrogen (secondary N) is 1. The number of carbonyl (C=O) groups is 1. The highest BCUT2D eigenvalue weighted by Gasteiger charge is 2.08. The maximum Gasteiger partial charge on any atom is 0.250 e. The number of benzene rings is 1. The second-order valence-corrected chi connectivity index (χ2v) is 4.95. The van der Waals surface area contributed by atoms with E-state index in [-0.39, 0.29) is 24.6 Å². The largest absolute Gasteiger partial charge is 0.444 e. The van der Waals surface area contributed by atoms with E-state index in [0.29, 0.717) is 11.6 Å². The second kappa shape index (κ2) is 6.74. The van der Waals surface area contributed by atoms with Crippen LogP contribution in [0.15, 0.2) is 70.2 Å². The number of hydrogen-bond donors (Lipinski definition) is 1. The molecule has 2 aromatic heterocycles.